The van der Waals surface area contributed by atoms with E-state index in [0.717, 1.165) is 0 Å². The van der Waals surface area contributed by atoms with Gasteiger partial charge in [-0.15, -0.1) is 0 Å². The molecule has 90 valence electrons. The van der Waals surface area contributed by atoms with Crippen molar-refractivity contribution in [3.8, 4) is 0 Å². The van der Waals surface area contributed by atoms with E-state index in [1.54, 1.807) is 5.55 Å². The normalized spacial score (nSPS) is 20.2. The van der Waals surface area contributed by atoms with Crippen LogP contribution in [0.25, 0.3) is 0 Å². The Morgan fingerprint density at radius 2 is 2.00 bits per heavy atom. The van der Waals surface area contributed by atoms with E-state index in [1.807, 2.05) is 0 Å². The van der Waals surface area contributed by atoms with Gasteiger partial charge in [0.15, 0.2) is 0 Å². The molecule has 0 amide bonds. The molecular weight excluding hydrogens is 283 g/mol. The Bertz CT molecular complexity index is 511. The van der Waals surface area contributed by atoms with E-state index in [-0.39, 0.29) is 0 Å². The SMILES string of the molecule is COC(=O)C1=CN=C[SH]1c1c(Cl)cncc1Cl. The van der Waals surface area contributed by atoms with Crippen LogP contribution >= 0.6 is 34.1 Å². The van der Waals surface area contributed by atoms with E-state index in [1.165, 1.54) is 25.7 Å². The molecule has 1 unspecified atom stereocenters. The van der Waals surface area contributed by atoms with Gasteiger partial charge in [-0.2, -0.15) is 10.9 Å². The lowest BCUT2D eigenvalue weighted by atomic mass is 10.5. The van der Waals surface area contributed by atoms with Crippen molar-refractivity contribution in [3.05, 3.63) is 33.5 Å². The molecule has 0 spiro atoms. The average Bonchev–Trinajstić information content (AvgIpc) is 2.77. The maximum absolute atomic E-state index is 11.6. The molecule has 1 aromatic rings. The number of hydrogen-bond donors (Lipinski definition) is 1. The van der Waals surface area contributed by atoms with Crippen LogP contribution in [0.15, 0.2) is 33.4 Å². The molecule has 0 saturated heterocycles. The smallest absolute Gasteiger partial charge is 0.344 e. The molecule has 0 fully saturated rings. The number of aliphatic imine (C=N–C) groups is 1. The summed E-state index contributed by atoms with van der Waals surface area (Å²) in [5.74, 6) is -0.419. The fourth-order valence-electron chi connectivity index (χ4n) is 1.36. The fourth-order valence-corrected chi connectivity index (χ4v) is 4.01. The second-order valence-electron chi connectivity index (χ2n) is 3.09. The Labute approximate surface area is 111 Å². The second kappa shape index (κ2) is 5.08. The minimum absolute atomic E-state index is 0.419. The van der Waals surface area contributed by atoms with Crippen LogP contribution in [0.4, 0.5) is 0 Å². The molecule has 7 heteroatoms. The number of ether oxygens (including phenoxy) is 1. The molecule has 0 N–H and O–H groups in total. The van der Waals surface area contributed by atoms with Gasteiger partial charge in [-0.3, -0.25) is 9.98 Å². The third-order valence-corrected chi connectivity index (χ3v) is 5.08. The van der Waals surface area contributed by atoms with Crippen LogP contribution in [0.3, 0.4) is 0 Å². The first-order valence-electron chi connectivity index (χ1n) is 4.55. The summed E-state index contributed by atoms with van der Waals surface area (Å²) < 4.78 is 4.69. The molecule has 1 aliphatic heterocycles. The zero-order chi connectivity index (χ0) is 12.4. The van der Waals surface area contributed by atoms with Gasteiger partial charge in [0.2, 0.25) is 0 Å². The highest BCUT2D eigenvalue weighted by molar-refractivity contribution is 8.32. The summed E-state index contributed by atoms with van der Waals surface area (Å²) in [6, 6.07) is 0. The van der Waals surface area contributed by atoms with Gasteiger partial charge in [-0.05, 0) is 0 Å². The zero-order valence-corrected chi connectivity index (χ0v) is 11.1. The Hall–Kier alpha value is -1.04. The van der Waals surface area contributed by atoms with E-state index in [0.29, 0.717) is 19.8 Å². The highest BCUT2D eigenvalue weighted by atomic mass is 35.5. The van der Waals surface area contributed by atoms with E-state index < -0.39 is 16.9 Å². The van der Waals surface area contributed by atoms with Crippen molar-refractivity contribution in [2.24, 2.45) is 4.99 Å². The Balaban J connectivity index is 2.44. The van der Waals surface area contributed by atoms with Gasteiger partial charge in [-0.1, -0.05) is 23.2 Å². The number of aromatic nitrogens is 1. The predicted octanol–water partition coefficient (Wildman–Crippen LogP) is 2.80. The van der Waals surface area contributed by atoms with E-state index in [2.05, 4.69) is 9.98 Å². The van der Waals surface area contributed by atoms with E-state index in [4.69, 9.17) is 27.9 Å². The first kappa shape index (κ1) is 12.4. The largest absolute Gasteiger partial charge is 0.465 e. The molecule has 0 aromatic carbocycles. The van der Waals surface area contributed by atoms with Crippen molar-refractivity contribution in [1.29, 1.82) is 0 Å². The van der Waals surface area contributed by atoms with Crippen molar-refractivity contribution in [2.75, 3.05) is 7.11 Å². The number of hydrogen-bond acceptors (Lipinski definition) is 4. The molecule has 0 saturated carbocycles. The summed E-state index contributed by atoms with van der Waals surface area (Å²) in [6.45, 7) is 0. The van der Waals surface area contributed by atoms with Gasteiger partial charge >= 0.3 is 5.97 Å². The molecule has 1 aliphatic rings. The van der Waals surface area contributed by atoms with Crippen LogP contribution in [0, 0.1) is 0 Å². The lowest BCUT2D eigenvalue weighted by molar-refractivity contribution is -0.135. The van der Waals surface area contributed by atoms with Gasteiger partial charge < -0.3 is 4.74 Å². The highest BCUT2D eigenvalue weighted by Gasteiger charge is 2.25. The third kappa shape index (κ3) is 2.31. The summed E-state index contributed by atoms with van der Waals surface area (Å²) in [5.41, 5.74) is 1.66. The lowest BCUT2D eigenvalue weighted by Crippen LogP contribution is -2.04. The second-order valence-corrected chi connectivity index (χ2v) is 5.81. The van der Waals surface area contributed by atoms with Crippen molar-refractivity contribution >= 4 is 45.6 Å². The van der Waals surface area contributed by atoms with Crippen LogP contribution in [0.1, 0.15) is 0 Å². The average molecular weight is 291 g/mol. The minimum Gasteiger partial charge on any atom is -0.465 e. The number of esters is 1. The topological polar surface area (TPSA) is 51.5 Å². The minimum atomic E-state index is -1.10. The highest BCUT2D eigenvalue weighted by Crippen LogP contribution is 2.50. The molecule has 2 rings (SSSR count). The molecule has 0 bridgehead atoms. The molecule has 0 radical (unpaired) electrons. The third-order valence-electron chi connectivity index (χ3n) is 2.10. The molecule has 1 aromatic heterocycles. The van der Waals surface area contributed by atoms with Crippen LogP contribution in [0.2, 0.25) is 10.0 Å². The number of methoxy groups -OCH3 is 1. The van der Waals surface area contributed by atoms with Gasteiger partial charge in [0.05, 0.1) is 17.2 Å². The first-order chi connectivity index (χ1) is 8.15. The van der Waals surface area contributed by atoms with Crippen molar-refractivity contribution < 1.29 is 9.53 Å². The van der Waals surface area contributed by atoms with Gasteiger partial charge in [0.25, 0.3) is 0 Å². The summed E-state index contributed by atoms with van der Waals surface area (Å²) in [7, 11) is 0.225. The van der Waals surface area contributed by atoms with Crippen molar-refractivity contribution in [3.63, 3.8) is 0 Å². The van der Waals surface area contributed by atoms with Gasteiger partial charge in [0, 0.05) is 29.0 Å². The molecular formula is C10H8Cl2N2O2S. The standard InChI is InChI=1S/C10H8Cl2N2O2S/c1-16-10(15)8-4-14-5-17(8)9-6(11)2-13-3-7(9)12/h2-5,17H,1H3. The molecule has 2 heterocycles. The molecule has 17 heavy (non-hydrogen) atoms. The van der Waals surface area contributed by atoms with Gasteiger partial charge in [-0.25, -0.2) is 4.79 Å². The Morgan fingerprint density at radius 1 is 1.35 bits per heavy atom. The van der Waals surface area contributed by atoms with E-state index in [9.17, 15) is 4.79 Å². The number of halogens is 2. The van der Waals surface area contributed by atoms with Crippen LogP contribution in [-0.2, 0) is 9.53 Å². The fraction of sp³-hybridized carbons (Fsp3) is 0.100. The van der Waals surface area contributed by atoms with Crippen molar-refractivity contribution in [2.45, 2.75) is 4.90 Å². The number of carbonyl (C=O) groups is 1. The summed E-state index contributed by atoms with van der Waals surface area (Å²) in [6.07, 6.45) is 4.46. The first-order valence-corrected chi connectivity index (χ1v) is 6.72. The Morgan fingerprint density at radius 3 is 2.59 bits per heavy atom. The Kier molecular flexibility index (Phi) is 3.71. The number of carbonyl (C=O) groups excluding carboxylic acids is 1. The quantitative estimate of drug-likeness (QED) is 0.673. The maximum atomic E-state index is 11.6. The van der Waals surface area contributed by atoms with Gasteiger partial charge in [0.1, 0.15) is 4.91 Å². The maximum Gasteiger partial charge on any atom is 0.344 e. The number of rotatable bonds is 2. The van der Waals surface area contributed by atoms with Crippen LogP contribution in [-0.4, -0.2) is 23.6 Å². The van der Waals surface area contributed by atoms with Crippen LogP contribution in [0.5, 0.6) is 0 Å². The molecule has 1 atom stereocenters. The lowest BCUT2D eigenvalue weighted by Gasteiger charge is -2.17. The molecule has 0 aliphatic carbocycles. The van der Waals surface area contributed by atoms with Crippen molar-refractivity contribution in [1.82, 2.24) is 4.98 Å². The monoisotopic (exact) mass is 290 g/mol. The number of nitrogens with zero attached hydrogens (tertiary/aromatic N) is 2. The summed E-state index contributed by atoms with van der Waals surface area (Å²) >= 11 is 12.1. The predicted molar refractivity (Wildman–Crippen MR) is 70.1 cm³/mol. The summed E-state index contributed by atoms with van der Waals surface area (Å²) in [5, 5.41) is 0.846. The zero-order valence-electron chi connectivity index (χ0n) is 8.72. The van der Waals surface area contributed by atoms with E-state index >= 15 is 0 Å². The van der Waals surface area contributed by atoms with Crippen LogP contribution < -0.4 is 0 Å². The number of thiol groups is 1. The molecule has 4 nitrogen and oxygen atoms in total. The number of pyridine rings is 1. The summed E-state index contributed by atoms with van der Waals surface area (Å²) in [4.78, 5) is 20.6.